The van der Waals surface area contributed by atoms with Gasteiger partial charge in [0.2, 0.25) is 5.95 Å². The summed E-state index contributed by atoms with van der Waals surface area (Å²) in [5, 5.41) is 1.10. The highest BCUT2D eigenvalue weighted by molar-refractivity contribution is 6.33. The second-order valence-electron chi connectivity index (χ2n) is 8.18. The summed E-state index contributed by atoms with van der Waals surface area (Å²) in [4.78, 5) is 31.7. The van der Waals surface area contributed by atoms with Crippen LogP contribution in [0.25, 0.3) is 33.4 Å². The molecule has 0 atom stereocenters. The van der Waals surface area contributed by atoms with E-state index >= 15 is 0 Å². The van der Waals surface area contributed by atoms with Gasteiger partial charge in [-0.25, -0.2) is 9.97 Å². The number of aryl methyl sites for hydroxylation is 1. The number of halogens is 1. The maximum atomic E-state index is 12.5. The summed E-state index contributed by atoms with van der Waals surface area (Å²) >= 11 is 6.45. The number of rotatable bonds is 2. The standard InChI is InChI=1S/C18H13ClN6O.C6H13N/c1-9-6-21-8-15(23-9)10-2-3-12(14(19)5-10)13-4-11-7-22-18(20)25-16(11)24-17(13)26;7-6-4-2-1-3-5-6/h2-8H,1H3,(H3,20,22,24,25,26);6H,1-5,7H2. The van der Waals surface area contributed by atoms with Gasteiger partial charge >= 0.3 is 0 Å². The fraction of sp³-hybridized carbons (Fsp3) is 0.292. The lowest BCUT2D eigenvalue weighted by atomic mass is 9.97. The lowest BCUT2D eigenvalue weighted by Crippen LogP contribution is -2.22. The van der Waals surface area contributed by atoms with Gasteiger partial charge in [-0.3, -0.25) is 9.78 Å². The molecule has 8 nitrogen and oxygen atoms in total. The predicted molar refractivity (Wildman–Crippen MR) is 132 cm³/mol. The molecule has 0 radical (unpaired) electrons. The van der Waals surface area contributed by atoms with E-state index in [2.05, 4.69) is 24.9 Å². The Morgan fingerprint density at radius 2 is 1.82 bits per heavy atom. The first-order valence-electron chi connectivity index (χ1n) is 10.9. The van der Waals surface area contributed by atoms with Crippen molar-refractivity contribution in [2.75, 3.05) is 5.73 Å². The summed E-state index contributed by atoms with van der Waals surface area (Å²) < 4.78 is 0. The monoisotopic (exact) mass is 463 g/mol. The van der Waals surface area contributed by atoms with Crippen molar-refractivity contribution in [3.8, 4) is 22.4 Å². The number of anilines is 1. The van der Waals surface area contributed by atoms with Crippen LogP contribution in [0.5, 0.6) is 0 Å². The van der Waals surface area contributed by atoms with Crippen molar-refractivity contribution in [2.45, 2.75) is 45.1 Å². The molecule has 170 valence electrons. The van der Waals surface area contributed by atoms with E-state index in [9.17, 15) is 4.79 Å². The van der Waals surface area contributed by atoms with Crippen LogP contribution in [0.15, 0.2) is 47.7 Å². The molecule has 1 fully saturated rings. The van der Waals surface area contributed by atoms with E-state index in [0.717, 1.165) is 17.0 Å². The largest absolute Gasteiger partial charge is 0.368 e. The fourth-order valence-corrected chi connectivity index (χ4v) is 4.12. The third-order valence-corrected chi connectivity index (χ3v) is 5.88. The number of hydrogen-bond donors (Lipinski definition) is 3. The Morgan fingerprint density at radius 1 is 1.03 bits per heavy atom. The number of pyridine rings is 1. The molecule has 0 amide bonds. The molecule has 33 heavy (non-hydrogen) atoms. The molecular weight excluding hydrogens is 438 g/mol. The van der Waals surface area contributed by atoms with Gasteiger partial charge in [0.25, 0.3) is 5.56 Å². The number of hydrogen-bond acceptors (Lipinski definition) is 7. The average Bonchev–Trinajstić information content (AvgIpc) is 2.80. The summed E-state index contributed by atoms with van der Waals surface area (Å²) in [6.45, 7) is 1.87. The first kappa shape index (κ1) is 22.8. The van der Waals surface area contributed by atoms with Crippen LogP contribution in [-0.4, -0.2) is 31.0 Å². The molecule has 1 aliphatic rings. The summed E-state index contributed by atoms with van der Waals surface area (Å²) in [6, 6.07) is 7.64. The summed E-state index contributed by atoms with van der Waals surface area (Å²) in [5.41, 5.74) is 14.7. The van der Waals surface area contributed by atoms with Gasteiger partial charge in [0.15, 0.2) is 0 Å². The number of benzene rings is 1. The number of nitrogens with one attached hydrogen (secondary N) is 1. The van der Waals surface area contributed by atoms with Gasteiger partial charge in [0.1, 0.15) is 5.65 Å². The topological polar surface area (TPSA) is 136 Å². The Labute approximate surface area is 196 Å². The van der Waals surface area contributed by atoms with Gasteiger partial charge in [-0.15, -0.1) is 0 Å². The smallest absolute Gasteiger partial charge is 0.257 e. The van der Waals surface area contributed by atoms with Gasteiger partial charge in [-0.05, 0) is 31.9 Å². The molecule has 4 aromatic rings. The fourth-order valence-electron chi connectivity index (χ4n) is 3.84. The lowest BCUT2D eigenvalue weighted by molar-refractivity contribution is 0.441. The Hall–Kier alpha value is -3.36. The molecule has 0 saturated heterocycles. The molecule has 3 aromatic heterocycles. The average molecular weight is 464 g/mol. The van der Waals surface area contributed by atoms with Crippen molar-refractivity contribution >= 4 is 28.6 Å². The van der Waals surface area contributed by atoms with E-state index in [-0.39, 0.29) is 11.5 Å². The molecule has 1 aromatic carbocycles. The number of nitrogen functional groups attached to an aromatic ring is 1. The SMILES string of the molecule is Cc1cncc(-c2ccc(-c3cc4cnc(N)nc4[nH]c3=O)c(Cl)c2)n1.NC1CCCCC1. The van der Waals surface area contributed by atoms with Crippen molar-refractivity contribution in [3.05, 3.63) is 63.9 Å². The highest BCUT2D eigenvalue weighted by Gasteiger charge is 2.12. The molecule has 0 unspecified atom stereocenters. The van der Waals surface area contributed by atoms with Crippen molar-refractivity contribution in [1.82, 2.24) is 24.9 Å². The maximum absolute atomic E-state index is 12.5. The van der Waals surface area contributed by atoms with Crippen LogP contribution in [0.3, 0.4) is 0 Å². The molecule has 9 heteroatoms. The van der Waals surface area contributed by atoms with E-state index in [4.69, 9.17) is 23.1 Å². The lowest BCUT2D eigenvalue weighted by Gasteiger charge is -2.15. The van der Waals surface area contributed by atoms with Crippen molar-refractivity contribution < 1.29 is 0 Å². The van der Waals surface area contributed by atoms with E-state index in [1.807, 2.05) is 13.0 Å². The van der Waals surface area contributed by atoms with Crippen molar-refractivity contribution in [1.29, 1.82) is 0 Å². The highest BCUT2D eigenvalue weighted by atomic mass is 35.5. The third kappa shape index (κ3) is 5.53. The number of nitrogens with zero attached hydrogens (tertiary/aromatic N) is 4. The molecule has 0 spiro atoms. The van der Waals surface area contributed by atoms with Gasteiger partial charge in [0.05, 0.1) is 17.6 Å². The zero-order valence-corrected chi connectivity index (χ0v) is 19.1. The first-order chi connectivity index (χ1) is 15.9. The summed E-state index contributed by atoms with van der Waals surface area (Å²) in [7, 11) is 0. The van der Waals surface area contributed by atoms with Crippen molar-refractivity contribution in [3.63, 3.8) is 0 Å². The van der Waals surface area contributed by atoms with E-state index in [1.165, 1.54) is 32.1 Å². The van der Waals surface area contributed by atoms with E-state index in [1.54, 1.807) is 36.8 Å². The van der Waals surface area contributed by atoms with Crippen LogP contribution in [0.2, 0.25) is 5.02 Å². The van der Waals surface area contributed by atoms with Crippen LogP contribution in [0.4, 0.5) is 5.95 Å². The van der Waals surface area contributed by atoms with E-state index in [0.29, 0.717) is 33.2 Å². The van der Waals surface area contributed by atoms with Crippen molar-refractivity contribution in [2.24, 2.45) is 5.73 Å². The predicted octanol–water partition coefficient (Wildman–Crippen LogP) is 4.26. The van der Waals surface area contributed by atoms with Crippen LogP contribution < -0.4 is 17.0 Å². The Balaban J connectivity index is 0.000000318. The van der Waals surface area contributed by atoms with Crippen LogP contribution in [0.1, 0.15) is 37.8 Å². The first-order valence-corrected chi connectivity index (χ1v) is 11.3. The van der Waals surface area contributed by atoms with Gasteiger partial charge in [0, 0.05) is 45.5 Å². The quantitative estimate of drug-likeness (QED) is 0.403. The highest BCUT2D eigenvalue weighted by Crippen LogP contribution is 2.31. The molecule has 1 aliphatic carbocycles. The molecule has 5 rings (SSSR count). The second kappa shape index (κ2) is 10.1. The van der Waals surface area contributed by atoms with Crippen LogP contribution in [-0.2, 0) is 0 Å². The number of fused-ring (bicyclic) bond motifs is 1. The minimum Gasteiger partial charge on any atom is -0.368 e. The van der Waals surface area contributed by atoms with Gasteiger partial charge < -0.3 is 16.5 Å². The molecule has 1 saturated carbocycles. The Morgan fingerprint density at radius 3 is 2.48 bits per heavy atom. The normalized spacial score (nSPS) is 14.0. The van der Waals surface area contributed by atoms with Crippen LogP contribution >= 0.6 is 11.6 Å². The van der Waals surface area contributed by atoms with Crippen LogP contribution in [0, 0.1) is 6.92 Å². The number of aromatic amines is 1. The Bertz CT molecular complexity index is 1330. The second-order valence-corrected chi connectivity index (χ2v) is 8.59. The minimum atomic E-state index is -0.305. The minimum absolute atomic E-state index is 0.0996. The van der Waals surface area contributed by atoms with Gasteiger partial charge in [-0.1, -0.05) is 43.0 Å². The Kier molecular flexibility index (Phi) is 6.96. The number of nitrogens with two attached hydrogens (primary N) is 2. The zero-order valence-electron chi connectivity index (χ0n) is 18.4. The summed E-state index contributed by atoms with van der Waals surface area (Å²) in [6.07, 6.45) is 11.6. The summed E-state index contributed by atoms with van der Waals surface area (Å²) in [5.74, 6) is 0.0996. The maximum Gasteiger partial charge on any atom is 0.257 e. The molecular formula is C24H26ClN7O. The number of H-pyrrole nitrogens is 1. The van der Waals surface area contributed by atoms with Gasteiger partial charge in [-0.2, -0.15) is 4.98 Å². The third-order valence-electron chi connectivity index (χ3n) is 5.57. The number of aromatic nitrogens is 5. The van der Waals surface area contributed by atoms with E-state index < -0.39 is 0 Å². The molecule has 5 N–H and O–H groups in total. The molecule has 0 aliphatic heterocycles. The molecule has 3 heterocycles. The zero-order chi connectivity index (χ0) is 23.4. The molecule has 0 bridgehead atoms.